The molecule has 2 heterocycles. The molecule has 0 atom stereocenters. The SMILES string of the molecule is COc1cccc2c1ncc1c(C)c([Si](C)(C)C)n(-c3ccc(OC(=O)c4ccccc4)cc3C)c12. The van der Waals surface area contributed by atoms with E-state index in [4.69, 9.17) is 14.5 Å². The summed E-state index contributed by atoms with van der Waals surface area (Å²) in [6.07, 6.45) is 1.97. The van der Waals surface area contributed by atoms with Gasteiger partial charge in [0.15, 0.2) is 0 Å². The van der Waals surface area contributed by atoms with Crippen LogP contribution in [0.2, 0.25) is 19.6 Å². The van der Waals surface area contributed by atoms with Crippen LogP contribution in [0.25, 0.3) is 27.5 Å². The van der Waals surface area contributed by atoms with Crippen molar-refractivity contribution in [2.75, 3.05) is 7.11 Å². The fraction of sp³-hybridized carbons (Fsp3) is 0.200. The van der Waals surface area contributed by atoms with Crippen LogP contribution in [0.4, 0.5) is 0 Å². The van der Waals surface area contributed by atoms with Gasteiger partial charge < -0.3 is 14.0 Å². The van der Waals surface area contributed by atoms with Gasteiger partial charge in [-0.2, -0.15) is 0 Å². The summed E-state index contributed by atoms with van der Waals surface area (Å²) in [6, 6.07) is 21.0. The highest BCUT2D eigenvalue weighted by Gasteiger charge is 2.29. The van der Waals surface area contributed by atoms with Crippen LogP contribution in [-0.2, 0) is 0 Å². The highest BCUT2D eigenvalue weighted by Crippen LogP contribution is 2.35. The number of pyridine rings is 1. The molecule has 182 valence electrons. The first kappa shape index (κ1) is 23.8. The Hall–Kier alpha value is -3.90. The maximum atomic E-state index is 12.6. The minimum atomic E-state index is -1.79. The smallest absolute Gasteiger partial charge is 0.343 e. The van der Waals surface area contributed by atoms with Crippen LogP contribution in [-0.4, -0.2) is 30.7 Å². The van der Waals surface area contributed by atoms with Crippen LogP contribution < -0.4 is 14.8 Å². The lowest BCUT2D eigenvalue weighted by Gasteiger charge is -2.23. The van der Waals surface area contributed by atoms with E-state index in [0.29, 0.717) is 11.3 Å². The second-order valence-electron chi connectivity index (χ2n) is 10.1. The number of carbonyl (C=O) groups is 1. The van der Waals surface area contributed by atoms with E-state index >= 15 is 0 Å². The number of benzene rings is 3. The fourth-order valence-electron chi connectivity index (χ4n) is 5.09. The number of aryl methyl sites for hydroxylation is 2. The van der Waals surface area contributed by atoms with Crippen molar-refractivity contribution < 1.29 is 14.3 Å². The third-order valence-corrected chi connectivity index (χ3v) is 8.62. The average Bonchev–Trinajstić information content (AvgIpc) is 3.17. The minimum Gasteiger partial charge on any atom is -0.494 e. The lowest BCUT2D eigenvalue weighted by atomic mass is 10.1. The number of fused-ring (bicyclic) bond motifs is 3. The molecule has 3 aromatic carbocycles. The van der Waals surface area contributed by atoms with Gasteiger partial charge >= 0.3 is 5.97 Å². The summed E-state index contributed by atoms with van der Waals surface area (Å²) < 4.78 is 13.7. The van der Waals surface area contributed by atoms with Crippen LogP contribution in [0.5, 0.6) is 11.5 Å². The average molecular weight is 495 g/mol. The van der Waals surface area contributed by atoms with Crippen molar-refractivity contribution in [2.45, 2.75) is 33.5 Å². The Labute approximate surface area is 212 Å². The molecule has 0 saturated carbocycles. The van der Waals surface area contributed by atoms with Crippen LogP contribution in [0, 0.1) is 13.8 Å². The van der Waals surface area contributed by atoms with Crippen LogP contribution in [0.1, 0.15) is 21.5 Å². The lowest BCUT2D eigenvalue weighted by molar-refractivity contribution is 0.0734. The van der Waals surface area contributed by atoms with E-state index in [1.165, 1.54) is 10.9 Å². The van der Waals surface area contributed by atoms with Gasteiger partial charge in [0.1, 0.15) is 17.0 Å². The number of nitrogens with zero attached hydrogens (tertiary/aromatic N) is 2. The van der Waals surface area contributed by atoms with Crippen molar-refractivity contribution in [3.8, 4) is 17.2 Å². The molecule has 0 fully saturated rings. The maximum Gasteiger partial charge on any atom is 0.343 e. The molecular weight excluding hydrogens is 464 g/mol. The lowest BCUT2D eigenvalue weighted by Crippen LogP contribution is -2.44. The molecule has 0 bridgehead atoms. The van der Waals surface area contributed by atoms with Crippen molar-refractivity contribution in [2.24, 2.45) is 0 Å². The molecule has 5 nitrogen and oxygen atoms in total. The molecule has 0 amide bonds. The van der Waals surface area contributed by atoms with Crippen LogP contribution in [0.15, 0.2) is 72.9 Å². The summed E-state index contributed by atoms with van der Waals surface area (Å²) in [7, 11) is -0.107. The summed E-state index contributed by atoms with van der Waals surface area (Å²) in [4.78, 5) is 17.4. The molecule has 0 aliphatic heterocycles. The van der Waals surface area contributed by atoms with E-state index in [2.05, 4.69) is 50.2 Å². The predicted molar refractivity (Wildman–Crippen MR) is 149 cm³/mol. The van der Waals surface area contributed by atoms with Gasteiger partial charge in [-0.15, -0.1) is 0 Å². The van der Waals surface area contributed by atoms with E-state index < -0.39 is 8.07 Å². The molecule has 2 aromatic heterocycles. The van der Waals surface area contributed by atoms with Crippen molar-refractivity contribution in [3.05, 3.63) is 89.6 Å². The van der Waals surface area contributed by atoms with E-state index in [-0.39, 0.29) is 5.97 Å². The van der Waals surface area contributed by atoms with Gasteiger partial charge in [-0.1, -0.05) is 50.0 Å². The van der Waals surface area contributed by atoms with Gasteiger partial charge in [-0.05, 0) is 61.4 Å². The normalized spacial score (nSPS) is 11.7. The molecule has 5 aromatic rings. The van der Waals surface area contributed by atoms with Crippen LogP contribution in [0.3, 0.4) is 0 Å². The Bertz CT molecular complexity index is 1620. The van der Waals surface area contributed by atoms with E-state index in [1.54, 1.807) is 19.2 Å². The first-order chi connectivity index (χ1) is 17.2. The number of hydrogen-bond acceptors (Lipinski definition) is 4. The zero-order chi connectivity index (χ0) is 25.6. The number of carbonyl (C=O) groups excluding carboxylic acids is 1. The molecule has 0 aliphatic rings. The van der Waals surface area contributed by atoms with Gasteiger partial charge in [-0.25, -0.2) is 4.79 Å². The van der Waals surface area contributed by atoms with Crippen molar-refractivity contribution in [3.63, 3.8) is 0 Å². The number of esters is 1. The first-order valence-corrected chi connectivity index (χ1v) is 15.6. The largest absolute Gasteiger partial charge is 0.494 e. The molecule has 0 spiro atoms. The molecule has 6 heteroatoms. The monoisotopic (exact) mass is 494 g/mol. The molecule has 0 N–H and O–H groups in total. The summed E-state index contributed by atoms with van der Waals surface area (Å²) in [5, 5.41) is 3.55. The number of para-hydroxylation sites is 1. The summed E-state index contributed by atoms with van der Waals surface area (Å²) >= 11 is 0. The Morgan fingerprint density at radius 3 is 2.33 bits per heavy atom. The standard InChI is InChI=1S/C30H30N2O3Si/c1-19-17-22(35-30(33)21-11-8-7-9-12-21)15-16-25(19)32-28-23-13-10-14-26(34-3)27(23)31-18-24(28)20(2)29(32)36(4,5)6/h7-18H,1-6H3. The predicted octanol–water partition coefficient (Wildman–Crippen LogP) is 6.57. The molecule has 5 rings (SSSR count). The van der Waals surface area contributed by atoms with Crippen molar-refractivity contribution in [1.29, 1.82) is 0 Å². The topological polar surface area (TPSA) is 53.4 Å². The number of methoxy groups -OCH3 is 1. The summed E-state index contributed by atoms with van der Waals surface area (Å²) in [5.74, 6) is 0.923. The van der Waals surface area contributed by atoms with Crippen LogP contribution >= 0.6 is 0 Å². The van der Waals surface area contributed by atoms with E-state index in [0.717, 1.165) is 38.8 Å². The molecule has 0 aliphatic carbocycles. The summed E-state index contributed by atoms with van der Waals surface area (Å²) in [5.41, 5.74) is 5.86. The zero-order valence-corrected chi connectivity index (χ0v) is 22.5. The Morgan fingerprint density at radius 2 is 1.67 bits per heavy atom. The number of hydrogen-bond donors (Lipinski definition) is 0. The second-order valence-corrected chi connectivity index (χ2v) is 15.1. The van der Waals surface area contributed by atoms with Crippen molar-refractivity contribution in [1.82, 2.24) is 9.55 Å². The quantitative estimate of drug-likeness (QED) is 0.158. The first-order valence-electron chi connectivity index (χ1n) is 12.1. The molecule has 0 radical (unpaired) electrons. The third-order valence-electron chi connectivity index (χ3n) is 6.60. The molecule has 0 unspecified atom stereocenters. The third kappa shape index (κ3) is 3.97. The highest BCUT2D eigenvalue weighted by atomic mass is 28.3. The van der Waals surface area contributed by atoms with Gasteiger partial charge in [0, 0.05) is 28.0 Å². The second kappa shape index (κ2) is 8.95. The minimum absolute atomic E-state index is 0.364. The number of aromatic nitrogens is 2. The number of rotatable bonds is 5. The Kier molecular flexibility index (Phi) is 5.92. The molecular formula is C30H30N2O3Si. The van der Waals surface area contributed by atoms with E-state index in [9.17, 15) is 4.79 Å². The number of ether oxygens (including phenoxy) is 2. The molecule has 0 saturated heterocycles. The zero-order valence-electron chi connectivity index (χ0n) is 21.5. The Morgan fingerprint density at radius 1 is 0.917 bits per heavy atom. The van der Waals surface area contributed by atoms with E-state index in [1.807, 2.05) is 48.7 Å². The highest BCUT2D eigenvalue weighted by molar-refractivity contribution is 6.89. The summed E-state index contributed by atoms with van der Waals surface area (Å²) in [6.45, 7) is 11.4. The van der Waals surface area contributed by atoms with Crippen molar-refractivity contribution >= 4 is 41.2 Å². The van der Waals surface area contributed by atoms with Gasteiger partial charge in [0.25, 0.3) is 0 Å². The fourth-order valence-corrected chi connectivity index (χ4v) is 7.25. The van der Waals surface area contributed by atoms with Gasteiger partial charge in [-0.3, -0.25) is 4.98 Å². The van der Waals surface area contributed by atoms with Gasteiger partial charge in [0.2, 0.25) is 0 Å². The maximum absolute atomic E-state index is 12.6. The Balaban J connectivity index is 1.72. The van der Waals surface area contributed by atoms with Gasteiger partial charge in [0.05, 0.1) is 26.3 Å². The molecule has 36 heavy (non-hydrogen) atoms.